The number of carbonyl (C=O) groups excluding carboxylic acids is 1. The molecular formula is C13H11BrClNOS. The first-order valence-corrected chi connectivity index (χ1v) is 7.37. The van der Waals surface area contributed by atoms with E-state index in [0.29, 0.717) is 9.21 Å². The summed E-state index contributed by atoms with van der Waals surface area (Å²) in [5, 5.41) is 2.95. The average Bonchev–Trinajstić information content (AvgIpc) is 2.76. The summed E-state index contributed by atoms with van der Waals surface area (Å²) in [4.78, 5) is 12.6. The minimum Gasteiger partial charge on any atom is -0.345 e. The van der Waals surface area contributed by atoms with Gasteiger partial charge in [0.05, 0.1) is 15.3 Å². The van der Waals surface area contributed by atoms with Crippen LogP contribution in [0.5, 0.6) is 0 Å². The average molecular weight is 345 g/mol. The molecule has 94 valence electrons. The Kier molecular flexibility index (Phi) is 4.43. The maximum atomic E-state index is 12.0. The highest BCUT2D eigenvalue weighted by molar-refractivity contribution is 9.10. The smallest absolute Gasteiger partial charge is 0.261 e. The molecule has 0 saturated heterocycles. The molecule has 0 fully saturated rings. The van der Waals surface area contributed by atoms with Crippen LogP contribution in [0.25, 0.3) is 0 Å². The van der Waals surface area contributed by atoms with Crippen molar-refractivity contribution in [2.45, 2.75) is 13.0 Å². The molecule has 0 aliphatic rings. The van der Waals surface area contributed by atoms with Crippen molar-refractivity contribution in [2.75, 3.05) is 0 Å². The lowest BCUT2D eigenvalue weighted by Crippen LogP contribution is -2.26. The molecule has 1 aromatic heterocycles. The van der Waals surface area contributed by atoms with Crippen molar-refractivity contribution in [1.82, 2.24) is 5.32 Å². The molecule has 1 atom stereocenters. The Hall–Kier alpha value is -0.840. The van der Waals surface area contributed by atoms with Crippen LogP contribution in [0.15, 0.2) is 40.9 Å². The predicted molar refractivity (Wildman–Crippen MR) is 79.4 cm³/mol. The van der Waals surface area contributed by atoms with Gasteiger partial charge in [-0.25, -0.2) is 0 Å². The molecule has 2 rings (SSSR count). The zero-order chi connectivity index (χ0) is 13.1. The van der Waals surface area contributed by atoms with Gasteiger partial charge in [0, 0.05) is 4.47 Å². The lowest BCUT2D eigenvalue weighted by molar-refractivity contribution is 0.0944. The molecule has 5 heteroatoms. The Labute approximate surface area is 123 Å². The Balaban J connectivity index is 2.10. The monoisotopic (exact) mass is 343 g/mol. The first-order valence-electron chi connectivity index (χ1n) is 5.38. The minimum absolute atomic E-state index is 0.0612. The largest absolute Gasteiger partial charge is 0.345 e. The number of amides is 1. The van der Waals surface area contributed by atoms with Crippen molar-refractivity contribution in [3.63, 3.8) is 0 Å². The summed E-state index contributed by atoms with van der Waals surface area (Å²) in [5.41, 5.74) is 1.05. The molecule has 18 heavy (non-hydrogen) atoms. The summed E-state index contributed by atoms with van der Waals surface area (Å²) in [6.07, 6.45) is 0. The maximum Gasteiger partial charge on any atom is 0.261 e. The van der Waals surface area contributed by atoms with E-state index in [9.17, 15) is 4.79 Å². The van der Waals surface area contributed by atoms with Crippen molar-refractivity contribution in [3.8, 4) is 0 Å². The fourth-order valence-electron chi connectivity index (χ4n) is 1.61. The van der Waals surface area contributed by atoms with Crippen LogP contribution in [0.2, 0.25) is 4.34 Å². The van der Waals surface area contributed by atoms with E-state index >= 15 is 0 Å². The third-order valence-corrected chi connectivity index (χ3v) is 4.47. The van der Waals surface area contributed by atoms with Gasteiger partial charge in [-0.3, -0.25) is 4.79 Å². The van der Waals surface area contributed by atoms with E-state index in [1.165, 1.54) is 11.3 Å². The number of carbonyl (C=O) groups is 1. The van der Waals surface area contributed by atoms with Crippen LogP contribution < -0.4 is 5.32 Å². The second-order valence-corrected chi connectivity index (χ2v) is 6.39. The van der Waals surface area contributed by atoms with Crippen molar-refractivity contribution in [2.24, 2.45) is 0 Å². The van der Waals surface area contributed by atoms with Crippen molar-refractivity contribution in [1.29, 1.82) is 0 Å². The maximum absolute atomic E-state index is 12.0. The van der Waals surface area contributed by atoms with Gasteiger partial charge in [-0.1, -0.05) is 45.7 Å². The summed E-state index contributed by atoms with van der Waals surface area (Å²) >= 11 is 10.6. The van der Waals surface area contributed by atoms with Gasteiger partial charge in [-0.15, -0.1) is 11.3 Å². The molecule has 1 N–H and O–H groups in total. The topological polar surface area (TPSA) is 29.1 Å². The van der Waals surface area contributed by atoms with Gasteiger partial charge in [0.25, 0.3) is 5.91 Å². The highest BCUT2D eigenvalue weighted by Gasteiger charge is 2.14. The highest BCUT2D eigenvalue weighted by Crippen LogP contribution is 2.25. The quantitative estimate of drug-likeness (QED) is 0.862. The Morgan fingerprint density at radius 1 is 1.33 bits per heavy atom. The fraction of sp³-hybridized carbons (Fsp3) is 0.154. The van der Waals surface area contributed by atoms with Crippen molar-refractivity contribution < 1.29 is 4.79 Å². The molecule has 0 unspecified atom stereocenters. The van der Waals surface area contributed by atoms with Gasteiger partial charge >= 0.3 is 0 Å². The zero-order valence-electron chi connectivity index (χ0n) is 9.61. The normalized spacial score (nSPS) is 12.2. The number of halogens is 2. The van der Waals surface area contributed by atoms with Crippen molar-refractivity contribution >= 4 is 44.8 Å². The third kappa shape index (κ3) is 3.13. The van der Waals surface area contributed by atoms with Crippen LogP contribution in [-0.4, -0.2) is 5.91 Å². The van der Waals surface area contributed by atoms with Crippen LogP contribution in [0.1, 0.15) is 28.2 Å². The minimum atomic E-state index is -0.102. The summed E-state index contributed by atoms with van der Waals surface area (Å²) in [5.74, 6) is -0.102. The van der Waals surface area contributed by atoms with E-state index < -0.39 is 0 Å². The molecule has 1 heterocycles. The molecule has 1 amide bonds. The fourth-order valence-corrected chi connectivity index (χ4v) is 3.18. The Bertz CT molecular complexity index is 570. The molecule has 0 saturated carbocycles. The third-order valence-electron chi connectivity index (χ3n) is 2.52. The van der Waals surface area contributed by atoms with Gasteiger partial charge in [0.15, 0.2) is 0 Å². The van der Waals surface area contributed by atoms with E-state index in [0.717, 1.165) is 10.0 Å². The highest BCUT2D eigenvalue weighted by atomic mass is 79.9. The molecule has 2 aromatic rings. The summed E-state index contributed by atoms with van der Waals surface area (Å²) in [6.45, 7) is 1.95. The van der Waals surface area contributed by atoms with Gasteiger partial charge < -0.3 is 5.32 Å². The van der Waals surface area contributed by atoms with Crippen LogP contribution >= 0.6 is 38.9 Å². The summed E-state index contributed by atoms with van der Waals surface area (Å²) in [7, 11) is 0. The molecule has 0 aliphatic heterocycles. The number of hydrogen-bond donors (Lipinski definition) is 1. The first kappa shape index (κ1) is 13.6. The van der Waals surface area contributed by atoms with Gasteiger partial charge in [0.2, 0.25) is 0 Å². The van der Waals surface area contributed by atoms with E-state index in [1.807, 2.05) is 31.2 Å². The molecule has 0 radical (unpaired) electrons. The molecule has 0 bridgehead atoms. The second-order valence-electron chi connectivity index (χ2n) is 3.82. The van der Waals surface area contributed by atoms with Gasteiger partial charge in [-0.2, -0.15) is 0 Å². The van der Waals surface area contributed by atoms with Gasteiger partial charge in [-0.05, 0) is 30.7 Å². The van der Waals surface area contributed by atoms with Crippen molar-refractivity contribution in [3.05, 3.63) is 55.6 Å². The Morgan fingerprint density at radius 2 is 2.06 bits per heavy atom. The number of hydrogen-bond acceptors (Lipinski definition) is 2. The lowest BCUT2D eigenvalue weighted by Gasteiger charge is -2.15. The van der Waals surface area contributed by atoms with Crippen LogP contribution in [-0.2, 0) is 0 Å². The second kappa shape index (κ2) is 5.87. The summed E-state index contributed by atoms with van der Waals surface area (Å²) in [6, 6.07) is 11.2. The molecule has 2 nitrogen and oxygen atoms in total. The van der Waals surface area contributed by atoms with Crippen LogP contribution in [0.4, 0.5) is 0 Å². The Morgan fingerprint density at radius 3 is 2.67 bits per heavy atom. The number of benzene rings is 1. The first-order chi connectivity index (χ1) is 8.58. The predicted octanol–water partition coefficient (Wildman–Crippen LogP) is 4.66. The number of nitrogens with one attached hydrogen (secondary N) is 1. The van der Waals surface area contributed by atoms with E-state index in [1.54, 1.807) is 12.1 Å². The summed E-state index contributed by atoms with van der Waals surface area (Å²) < 4.78 is 1.61. The van der Waals surface area contributed by atoms with Crippen LogP contribution in [0, 0.1) is 0 Å². The van der Waals surface area contributed by atoms with E-state index in [4.69, 9.17) is 11.6 Å². The lowest BCUT2D eigenvalue weighted by atomic mass is 10.1. The molecular weight excluding hydrogens is 334 g/mol. The molecule has 0 spiro atoms. The van der Waals surface area contributed by atoms with Gasteiger partial charge in [0.1, 0.15) is 0 Å². The SMILES string of the molecule is C[C@H](NC(=O)c1ccc(Cl)s1)c1ccccc1Br. The number of rotatable bonds is 3. The van der Waals surface area contributed by atoms with Crippen LogP contribution in [0.3, 0.4) is 0 Å². The molecule has 0 aliphatic carbocycles. The standard InChI is InChI=1S/C13H11BrClNOS/c1-8(9-4-2-3-5-10(9)14)16-13(17)11-6-7-12(15)18-11/h2-8H,1H3,(H,16,17)/t8-/m0/s1. The molecule has 1 aromatic carbocycles. The number of thiophene rings is 1. The van der Waals surface area contributed by atoms with E-state index in [-0.39, 0.29) is 11.9 Å². The van der Waals surface area contributed by atoms with E-state index in [2.05, 4.69) is 21.2 Å². The zero-order valence-corrected chi connectivity index (χ0v) is 12.8.